The van der Waals surface area contributed by atoms with Gasteiger partial charge in [0, 0.05) is 6.04 Å². The van der Waals surface area contributed by atoms with Crippen molar-refractivity contribution < 1.29 is 14.3 Å². The quantitative estimate of drug-likeness (QED) is 0.786. The van der Waals surface area contributed by atoms with Crippen LogP contribution in [0, 0.1) is 5.92 Å². The number of fused-ring (bicyclic) bond motifs is 1. The van der Waals surface area contributed by atoms with E-state index in [1.807, 2.05) is 12.1 Å². The van der Waals surface area contributed by atoms with Gasteiger partial charge in [0.25, 0.3) is 8.32 Å². The van der Waals surface area contributed by atoms with Crippen molar-refractivity contribution in [3.8, 4) is 0 Å². The van der Waals surface area contributed by atoms with Crippen LogP contribution in [0.1, 0.15) is 33.6 Å². The summed E-state index contributed by atoms with van der Waals surface area (Å²) in [6.45, 7) is 7.22. The van der Waals surface area contributed by atoms with Gasteiger partial charge >= 0.3 is 6.09 Å². The van der Waals surface area contributed by atoms with E-state index in [2.05, 4.69) is 69.3 Å². The van der Waals surface area contributed by atoms with Crippen LogP contribution >= 0.6 is 0 Å². The van der Waals surface area contributed by atoms with Gasteiger partial charge in [-0.1, -0.05) is 81.4 Å². The van der Waals surface area contributed by atoms with Gasteiger partial charge in [-0.05, 0) is 34.2 Å². The van der Waals surface area contributed by atoms with Crippen molar-refractivity contribution in [3.05, 3.63) is 60.7 Å². The van der Waals surface area contributed by atoms with Gasteiger partial charge in [-0.2, -0.15) is 0 Å². The maximum absolute atomic E-state index is 11.8. The van der Waals surface area contributed by atoms with Crippen molar-refractivity contribution in [2.24, 2.45) is 5.92 Å². The normalized spacial score (nSPS) is 24.1. The predicted octanol–water partition coefficient (Wildman–Crippen LogP) is 3.70. The van der Waals surface area contributed by atoms with Crippen molar-refractivity contribution >= 4 is 24.8 Å². The third-order valence-corrected chi connectivity index (χ3v) is 11.3. The summed E-state index contributed by atoms with van der Waals surface area (Å²) in [5.41, 5.74) is 0. The summed E-state index contributed by atoms with van der Waals surface area (Å²) >= 11 is 0. The molecule has 4 rings (SSSR count). The monoisotopic (exact) mass is 395 g/mol. The minimum Gasteiger partial charge on any atom is -0.465 e. The standard InChI is InChI=1S/C23H29NO3Si/c1-23(2,3)28(19-10-6-4-7-11-19,20-12-8-5-9-13-20)27-16-18-14-17-15-21(17)24(18)22(25)26/h4-13,17-18,21H,14-16H2,1-3H3,(H,25,26). The molecule has 0 radical (unpaired) electrons. The van der Waals surface area contributed by atoms with Gasteiger partial charge in [0.1, 0.15) is 0 Å². The summed E-state index contributed by atoms with van der Waals surface area (Å²) in [5.74, 6) is 0.531. The van der Waals surface area contributed by atoms with E-state index in [4.69, 9.17) is 4.43 Å². The molecule has 1 aliphatic carbocycles. The molecule has 3 unspecified atom stereocenters. The van der Waals surface area contributed by atoms with E-state index in [1.54, 1.807) is 4.90 Å². The van der Waals surface area contributed by atoms with Crippen LogP contribution in [0.15, 0.2) is 60.7 Å². The Kier molecular flexibility index (Phi) is 4.84. The second-order valence-corrected chi connectivity index (χ2v) is 13.4. The van der Waals surface area contributed by atoms with Gasteiger partial charge < -0.3 is 9.53 Å². The first-order chi connectivity index (χ1) is 13.3. The minimum absolute atomic E-state index is 0.0390. The fourth-order valence-electron chi connectivity index (χ4n) is 4.99. The van der Waals surface area contributed by atoms with Gasteiger partial charge in [-0.25, -0.2) is 4.79 Å². The molecule has 0 bridgehead atoms. The van der Waals surface area contributed by atoms with Crippen molar-refractivity contribution in [3.63, 3.8) is 0 Å². The minimum atomic E-state index is -2.61. The number of carbonyl (C=O) groups is 1. The van der Waals surface area contributed by atoms with E-state index in [1.165, 1.54) is 10.4 Å². The number of piperidine rings is 1. The molecule has 2 fully saturated rings. The Morgan fingerprint density at radius 3 is 2.04 bits per heavy atom. The van der Waals surface area contributed by atoms with E-state index < -0.39 is 14.4 Å². The molecule has 2 aliphatic rings. The van der Waals surface area contributed by atoms with Crippen LogP contribution in [0.25, 0.3) is 0 Å². The number of hydrogen-bond donors (Lipinski definition) is 1. The molecule has 1 N–H and O–H groups in total. The summed E-state index contributed by atoms with van der Waals surface area (Å²) in [4.78, 5) is 13.4. The van der Waals surface area contributed by atoms with Crippen molar-refractivity contribution in [2.45, 2.75) is 50.7 Å². The van der Waals surface area contributed by atoms with E-state index in [-0.39, 0.29) is 17.1 Å². The molecule has 1 saturated carbocycles. The first-order valence-electron chi connectivity index (χ1n) is 10.1. The number of benzene rings is 2. The third-order valence-electron chi connectivity index (χ3n) is 6.34. The number of hydrogen-bond acceptors (Lipinski definition) is 2. The van der Waals surface area contributed by atoms with Crippen LogP contribution in [-0.2, 0) is 4.43 Å². The number of likely N-dealkylation sites (tertiary alicyclic amines) is 1. The fourth-order valence-corrected chi connectivity index (χ4v) is 9.59. The first kappa shape index (κ1) is 19.2. The Hall–Kier alpha value is -2.11. The van der Waals surface area contributed by atoms with Gasteiger partial charge in [-0.3, -0.25) is 4.90 Å². The van der Waals surface area contributed by atoms with Crippen molar-refractivity contribution in [2.75, 3.05) is 6.61 Å². The highest BCUT2D eigenvalue weighted by Gasteiger charge is 2.56. The molecule has 148 valence electrons. The molecule has 28 heavy (non-hydrogen) atoms. The highest BCUT2D eigenvalue weighted by atomic mass is 28.4. The number of rotatable bonds is 5. The Morgan fingerprint density at radius 1 is 1.04 bits per heavy atom. The molecule has 2 aromatic rings. The smallest absolute Gasteiger partial charge is 0.407 e. The lowest BCUT2D eigenvalue weighted by Crippen LogP contribution is -2.67. The van der Waals surface area contributed by atoms with Crippen LogP contribution in [0.5, 0.6) is 0 Å². The molecule has 2 aromatic carbocycles. The molecule has 1 amide bonds. The number of carboxylic acid groups (broad SMARTS) is 1. The number of nitrogens with zero attached hydrogens (tertiary/aromatic N) is 1. The topological polar surface area (TPSA) is 49.8 Å². The maximum Gasteiger partial charge on any atom is 0.407 e. The molecule has 1 heterocycles. The maximum atomic E-state index is 11.8. The summed E-state index contributed by atoms with van der Waals surface area (Å²) in [6.07, 6.45) is 1.14. The van der Waals surface area contributed by atoms with Gasteiger partial charge in [0.2, 0.25) is 0 Å². The van der Waals surface area contributed by atoms with Crippen LogP contribution in [0.4, 0.5) is 4.79 Å². The molecular weight excluding hydrogens is 366 g/mol. The van der Waals surface area contributed by atoms with Gasteiger partial charge in [0.15, 0.2) is 0 Å². The summed E-state index contributed by atoms with van der Waals surface area (Å²) < 4.78 is 6.93. The Balaban J connectivity index is 1.72. The second kappa shape index (κ2) is 7.05. The summed E-state index contributed by atoms with van der Waals surface area (Å²) in [7, 11) is -2.61. The predicted molar refractivity (Wildman–Crippen MR) is 114 cm³/mol. The van der Waals surface area contributed by atoms with E-state index in [9.17, 15) is 9.90 Å². The molecule has 0 aromatic heterocycles. The highest BCUT2D eigenvalue weighted by molar-refractivity contribution is 6.99. The van der Waals surface area contributed by atoms with Crippen LogP contribution in [0.2, 0.25) is 5.04 Å². The third kappa shape index (κ3) is 3.16. The van der Waals surface area contributed by atoms with Crippen LogP contribution in [-0.4, -0.2) is 43.1 Å². The Labute approximate surface area is 168 Å². The van der Waals surface area contributed by atoms with E-state index in [0.29, 0.717) is 12.5 Å². The fraction of sp³-hybridized carbons (Fsp3) is 0.435. The zero-order valence-corrected chi connectivity index (χ0v) is 17.8. The van der Waals surface area contributed by atoms with Crippen LogP contribution in [0.3, 0.4) is 0 Å². The number of amides is 1. The van der Waals surface area contributed by atoms with Crippen molar-refractivity contribution in [1.29, 1.82) is 0 Å². The molecule has 0 spiro atoms. The lowest BCUT2D eigenvalue weighted by atomic mass is 10.2. The highest BCUT2D eigenvalue weighted by Crippen LogP contribution is 2.48. The average Bonchev–Trinajstić information content (AvgIpc) is 3.32. The Morgan fingerprint density at radius 2 is 1.57 bits per heavy atom. The zero-order valence-electron chi connectivity index (χ0n) is 16.8. The lowest BCUT2D eigenvalue weighted by molar-refractivity contribution is 0.109. The van der Waals surface area contributed by atoms with Gasteiger partial charge in [-0.15, -0.1) is 0 Å². The van der Waals surface area contributed by atoms with Crippen molar-refractivity contribution in [1.82, 2.24) is 4.90 Å². The van der Waals surface area contributed by atoms with Crippen LogP contribution < -0.4 is 10.4 Å². The first-order valence-corrected chi connectivity index (χ1v) is 12.0. The summed E-state index contributed by atoms with van der Waals surface area (Å²) in [6, 6.07) is 21.2. The zero-order chi connectivity index (χ0) is 19.9. The summed E-state index contributed by atoms with van der Waals surface area (Å²) in [5, 5.41) is 12.1. The largest absolute Gasteiger partial charge is 0.465 e. The van der Waals surface area contributed by atoms with E-state index >= 15 is 0 Å². The van der Waals surface area contributed by atoms with E-state index in [0.717, 1.165) is 12.8 Å². The molecule has 5 heteroatoms. The molecule has 1 aliphatic heterocycles. The Bertz CT molecular complexity index is 794. The molecule has 3 atom stereocenters. The molecule has 1 saturated heterocycles. The molecular formula is C23H29NO3Si. The average molecular weight is 396 g/mol. The SMILES string of the molecule is CC(C)(C)[Si](OCC1CC2CC2N1C(=O)O)(c1ccccc1)c1ccccc1. The lowest BCUT2D eigenvalue weighted by Gasteiger charge is -2.44. The van der Waals surface area contributed by atoms with Gasteiger partial charge in [0.05, 0.1) is 12.6 Å². The molecule has 4 nitrogen and oxygen atoms in total. The second-order valence-electron chi connectivity index (χ2n) is 9.12.